The zero-order chi connectivity index (χ0) is 11.9. The summed E-state index contributed by atoms with van der Waals surface area (Å²) in [6, 6.07) is 3.76. The van der Waals surface area contributed by atoms with Crippen LogP contribution in [-0.4, -0.2) is 31.3 Å². The van der Waals surface area contributed by atoms with E-state index in [0.717, 1.165) is 24.7 Å². The Balaban J connectivity index is 1.70. The van der Waals surface area contributed by atoms with E-state index in [1.165, 1.54) is 25.7 Å². The van der Waals surface area contributed by atoms with E-state index in [-0.39, 0.29) is 0 Å². The Morgan fingerprint density at radius 1 is 1.41 bits per heavy atom. The minimum absolute atomic E-state index is 0.474. The number of ether oxygens (including phenoxy) is 2. The van der Waals surface area contributed by atoms with Crippen molar-refractivity contribution in [2.75, 3.05) is 25.6 Å². The van der Waals surface area contributed by atoms with Gasteiger partial charge >= 0.3 is 0 Å². The molecular formula is C13H20N2O2. The van der Waals surface area contributed by atoms with E-state index < -0.39 is 0 Å². The molecule has 2 rings (SSSR count). The van der Waals surface area contributed by atoms with Gasteiger partial charge in [0.25, 0.3) is 0 Å². The van der Waals surface area contributed by atoms with Crippen molar-refractivity contribution in [3.63, 3.8) is 0 Å². The molecule has 1 heterocycles. The van der Waals surface area contributed by atoms with Crippen molar-refractivity contribution >= 4 is 5.82 Å². The number of anilines is 1. The molecule has 0 bridgehead atoms. The van der Waals surface area contributed by atoms with Crippen molar-refractivity contribution in [3.05, 3.63) is 18.3 Å². The minimum Gasteiger partial charge on any atom is -0.493 e. The third kappa shape index (κ3) is 3.60. The fourth-order valence-corrected chi connectivity index (χ4v) is 2.14. The van der Waals surface area contributed by atoms with Gasteiger partial charge in [-0.15, -0.1) is 0 Å². The Morgan fingerprint density at radius 2 is 2.24 bits per heavy atom. The highest BCUT2D eigenvalue weighted by Crippen LogP contribution is 2.21. The lowest BCUT2D eigenvalue weighted by Crippen LogP contribution is -2.16. The van der Waals surface area contributed by atoms with Crippen LogP contribution in [0.3, 0.4) is 0 Å². The number of hydrogen-bond acceptors (Lipinski definition) is 4. The zero-order valence-electron chi connectivity index (χ0n) is 10.3. The average molecular weight is 236 g/mol. The van der Waals surface area contributed by atoms with Gasteiger partial charge in [0.15, 0.2) is 11.6 Å². The second-order valence-corrected chi connectivity index (χ2v) is 4.26. The summed E-state index contributed by atoms with van der Waals surface area (Å²) in [5, 5.41) is 3.23. The summed E-state index contributed by atoms with van der Waals surface area (Å²) < 4.78 is 11.0. The molecule has 1 aliphatic rings. The predicted molar refractivity (Wildman–Crippen MR) is 67.5 cm³/mol. The van der Waals surface area contributed by atoms with E-state index in [4.69, 9.17) is 9.47 Å². The third-order valence-electron chi connectivity index (χ3n) is 3.04. The summed E-state index contributed by atoms with van der Waals surface area (Å²) in [5.41, 5.74) is 0. The smallest absolute Gasteiger partial charge is 0.168 e. The van der Waals surface area contributed by atoms with Gasteiger partial charge < -0.3 is 14.8 Å². The fraction of sp³-hybridized carbons (Fsp3) is 0.615. The molecule has 1 saturated carbocycles. The standard InChI is InChI=1S/C13H20N2O2/c1-16-12-7-4-8-14-13(12)15-9-10-17-11-5-2-3-6-11/h4,7-8,11H,2-3,5-6,9-10H2,1H3,(H,14,15). The fourth-order valence-electron chi connectivity index (χ4n) is 2.14. The van der Waals surface area contributed by atoms with Crippen molar-refractivity contribution < 1.29 is 9.47 Å². The largest absolute Gasteiger partial charge is 0.493 e. The maximum Gasteiger partial charge on any atom is 0.168 e. The number of pyridine rings is 1. The van der Waals surface area contributed by atoms with Crippen LogP contribution in [0.2, 0.25) is 0 Å². The Labute approximate surface area is 102 Å². The molecule has 1 aromatic rings. The second kappa shape index (κ2) is 6.45. The Morgan fingerprint density at radius 3 is 3.00 bits per heavy atom. The molecule has 94 valence electrons. The van der Waals surface area contributed by atoms with Crippen molar-refractivity contribution in [2.24, 2.45) is 0 Å². The number of nitrogens with zero attached hydrogens (tertiary/aromatic N) is 1. The predicted octanol–water partition coefficient (Wildman–Crippen LogP) is 2.46. The first-order chi connectivity index (χ1) is 8.40. The second-order valence-electron chi connectivity index (χ2n) is 4.26. The molecule has 0 aromatic carbocycles. The maximum absolute atomic E-state index is 5.77. The number of hydrogen-bond donors (Lipinski definition) is 1. The van der Waals surface area contributed by atoms with E-state index in [2.05, 4.69) is 10.3 Å². The summed E-state index contributed by atoms with van der Waals surface area (Å²) >= 11 is 0. The molecule has 17 heavy (non-hydrogen) atoms. The molecule has 0 atom stereocenters. The van der Waals surface area contributed by atoms with Crippen LogP contribution < -0.4 is 10.1 Å². The van der Waals surface area contributed by atoms with Gasteiger partial charge in [-0.3, -0.25) is 0 Å². The number of aromatic nitrogens is 1. The molecule has 0 saturated heterocycles. The molecule has 0 aliphatic heterocycles. The van der Waals surface area contributed by atoms with Crippen LogP contribution in [0, 0.1) is 0 Å². The number of nitrogens with one attached hydrogen (secondary N) is 1. The molecule has 0 unspecified atom stereocenters. The van der Waals surface area contributed by atoms with E-state index in [1.807, 2.05) is 12.1 Å². The molecule has 1 N–H and O–H groups in total. The van der Waals surface area contributed by atoms with Gasteiger partial charge in [0.1, 0.15) is 0 Å². The summed E-state index contributed by atoms with van der Waals surface area (Å²) in [4.78, 5) is 4.23. The lowest BCUT2D eigenvalue weighted by Gasteiger charge is -2.13. The van der Waals surface area contributed by atoms with Crippen molar-refractivity contribution in [3.8, 4) is 5.75 Å². The number of rotatable bonds is 6. The normalized spacial score (nSPS) is 16.1. The Bertz CT molecular complexity index is 338. The van der Waals surface area contributed by atoms with Gasteiger partial charge in [-0.05, 0) is 25.0 Å². The van der Waals surface area contributed by atoms with Crippen molar-refractivity contribution in [1.82, 2.24) is 4.98 Å². The first-order valence-electron chi connectivity index (χ1n) is 6.24. The lowest BCUT2D eigenvalue weighted by atomic mass is 10.3. The van der Waals surface area contributed by atoms with Gasteiger partial charge in [0.05, 0.1) is 19.8 Å². The summed E-state index contributed by atoms with van der Waals surface area (Å²) in [6.07, 6.45) is 7.28. The van der Waals surface area contributed by atoms with Gasteiger partial charge in [0.2, 0.25) is 0 Å². The first kappa shape index (κ1) is 12.2. The van der Waals surface area contributed by atoms with Gasteiger partial charge in [0, 0.05) is 12.7 Å². The van der Waals surface area contributed by atoms with Crippen molar-refractivity contribution in [1.29, 1.82) is 0 Å². The molecule has 4 heteroatoms. The molecule has 0 amide bonds. The molecule has 4 nitrogen and oxygen atoms in total. The van der Waals surface area contributed by atoms with Gasteiger partial charge in [-0.25, -0.2) is 4.98 Å². The van der Waals surface area contributed by atoms with E-state index in [0.29, 0.717) is 6.10 Å². The highest BCUT2D eigenvalue weighted by molar-refractivity contribution is 5.49. The van der Waals surface area contributed by atoms with Crippen LogP contribution in [0.5, 0.6) is 5.75 Å². The van der Waals surface area contributed by atoms with Crippen molar-refractivity contribution in [2.45, 2.75) is 31.8 Å². The monoisotopic (exact) mass is 236 g/mol. The van der Waals surface area contributed by atoms with Crippen LogP contribution in [-0.2, 0) is 4.74 Å². The third-order valence-corrected chi connectivity index (χ3v) is 3.04. The van der Waals surface area contributed by atoms with Crippen LogP contribution >= 0.6 is 0 Å². The SMILES string of the molecule is COc1cccnc1NCCOC1CCCC1. The van der Waals surface area contributed by atoms with Crippen LogP contribution in [0.4, 0.5) is 5.82 Å². The van der Waals surface area contributed by atoms with Crippen LogP contribution in [0.25, 0.3) is 0 Å². The molecule has 0 spiro atoms. The topological polar surface area (TPSA) is 43.4 Å². The quantitative estimate of drug-likeness (QED) is 0.770. The first-order valence-corrected chi connectivity index (χ1v) is 6.24. The maximum atomic E-state index is 5.77. The summed E-state index contributed by atoms with van der Waals surface area (Å²) in [7, 11) is 1.65. The molecule has 1 aromatic heterocycles. The summed E-state index contributed by atoms with van der Waals surface area (Å²) in [6.45, 7) is 1.49. The number of methoxy groups -OCH3 is 1. The van der Waals surface area contributed by atoms with E-state index in [1.54, 1.807) is 13.3 Å². The molecular weight excluding hydrogens is 216 g/mol. The lowest BCUT2D eigenvalue weighted by molar-refractivity contribution is 0.0658. The van der Waals surface area contributed by atoms with Gasteiger partial charge in [-0.2, -0.15) is 0 Å². The Hall–Kier alpha value is -1.29. The van der Waals surface area contributed by atoms with E-state index in [9.17, 15) is 0 Å². The van der Waals surface area contributed by atoms with Gasteiger partial charge in [-0.1, -0.05) is 12.8 Å². The molecule has 1 aliphatic carbocycles. The highest BCUT2D eigenvalue weighted by atomic mass is 16.5. The minimum atomic E-state index is 0.474. The Kier molecular flexibility index (Phi) is 4.62. The average Bonchev–Trinajstić information content (AvgIpc) is 2.88. The van der Waals surface area contributed by atoms with Crippen LogP contribution in [0.15, 0.2) is 18.3 Å². The molecule has 1 fully saturated rings. The van der Waals surface area contributed by atoms with E-state index >= 15 is 0 Å². The summed E-state index contributed by atoms with van der Waals surface area (Å²) in [5.74, 6) is 1.55. The highest BCUT2D eigenvalue weighted by Gasteiger charge is 2.14. The van der Waals surface area contributed by atoms with Crippen LogP contribution in [0.1, 0.15) is 25.7 Å². The zero-order valence-corrected chi connectivity index (χ0v) is 10.3. The molecule has 0 radical (unpaired) electrons.